The second-order valence-electron chi connectivity index (χ2n) is 4.84. The van der Waals surface area contributed by atoms with Gasteiger partial charge in [0.05, 0.1) is 15.9 Å². The van der Waals surface area contributed by atoms with Crippen molar-refractivity contribution in [3.05, 3.63) is 51.8 Å². The summed E-state index contributed by atoms with van der Waals surface area (Å²) in [5.74, 6) is -5.84. The summed E-state index contributed by atoms with van der Waals surface area (Å²) in [6.45, 7) is 0. The van der Waals surface area contributed by atoms with Crippen molar-refractivity contribution in [3.8, 4) is 11.5 Å². The zero-order valence-corrected chi connectivity index (χ0v) is 14.8. The monoisotopic (exact) mass is 460 g/mol. The number of halogens is 8. The fourth-order valence-electron chi connectivity index (χ4n) is 1.84. The summed E-state index contributed by atoms with van der Waals surface area (Å²) in [6.07, 6.45) is -4.94. The van der Waals surface area contributed by atoms with Crippen LogP contribution < -0.4 is 10.5 Å². The van der Waals surface area contributed by atoms with E-state index in [4.69, 9.17) is 22.1 Å². The molecule has 26 heavy (non-hydrogen) atoms. The molecule has 0 aliphatic rings. The highest BCUT2D eigenvalue weighted by Gasteiger charge is 2.33. The summed E-state index contributed by atoms with van der Waals surface area (Å²) >= 11 is 8.41. The molecule has 2 aromatic carbocycles. The quantitative estimate of drug-likeness (QED) is 0.267. The largest absolute Gasteiger partial charge is 0.448 e. The Morgan fingerprint density at radius 1 is 1.08 bits per heavy atom. The summed E-state index contributed by atoms with van der Waals surface area (Å²) in [5.41, 5.74) is 3.65. The van der Waals surface area contributed by atoms with Crippen LogP contribution in [0.3, 0.4) is 0 Å². The highest BCUT2D eigenvalue weighted by molar-refractivity contribution is 9.10. The minimum Gasteiger partial charge on any atom is -0.448 e. The molecule has 0 saturated carbocycles. The molecule has 0 unspecified atom stereocenters. The van der Waals surface area contributed by atoms with Crippen molar-refractivity contribution in [1.29, 1.82) is 0 Å². The lowest BCUT2D eigenvalue weighted by atomic mass is 10.2. The van der Waals surface area contributed by atoms with Crippen LogP contribution in [0.25, 0.3) is 0 Å². The minimum absolute atomic E-state index is 0.0753. The Hall–Kier alpha value is -1.94. The van der Waals surface area contributed by atoms with Crippen LogP contribution in [-0.2, 0) is 6.18 Å². The minimum atomic E-state index is -4.94. The van der Waals surface area contributed by atoms with Gasteiger partial charge in [0.15, 0.2) is 23.1 Å². The standard InChI is InChI=1S/C15H8BrClF6N2O/c16-8-3-7(18)4-11(25-12(24)5-17)13(8)26-14-9(19)1-6(2-10(14)20)15(21,22)23/h1-4H,5H2,(H2,24,25). The summed E-state index contributed by atoms with van der Waals surface area (Å²) in [7, 11) is 0. The molecule has 0 spiro atoms. The fourth-order valence-corrected chi connectivity index (χ4v) is 2.40. The van der Waals surface area contributed by atoms with Gasteiger partial charge in [-0.25, -0.2) is 18.2 Å². The van der Waals surface area contributed by atoms with Crippen LogP contribution >= 0.6 is 27.5 Å². The first-order valence-electron chi connectivity index (χ1n) is 6.65. The normalized spacial score (nSPS) is 12.4. The number of nitrogens with two attached hydrogens (primary N) is 1. The van der Waals surface area contributed by atoms with Gasteiger partial charge in [-0.1, -0.05) is 0 Å². The van der Waals surface area contributed by atoms with E-state index in [1.54, 1.807) is 0 Å². The van der Waals surface area contributed by atoms with Gasteiger partial charge in [0.1, 0.15) is 17.3 Å². The lowest BCUT2D eigenvalue weighted by molar-refractivity contribution is -0.138. The molecule has 0 heterocycles. The van der Waals surface area contributed by atoms with Gasteiger partial charge in [0.25, 0.3) is 0 Å². The smallest absolute Gasteiger partial charge is 0.416 e. The average molecular weight is 462 g/mol. The van der Waals surface area contributed by atoms with E-state index < -0.39 is 34.9 Å². The number of hydrogen-bond donors (Lipinski definition) is 1. The zero-order chi connectivity index (χ0) is 19.6. The number of ether oxygens (including phenoxy) is 1. The molecule has 0 aliphatic heterocycles. The van der Waals surface area contributed by atoms with Crippen molar-refractivity contribution in [2.24, 2.45) is 10.7 Å². The fraction of sp³-hybridized carbons (Fsp3) is 0.133. The second-order valence-corrected chi connectivity index (χ2v) is 5.96. The lowest BCUT2D eigenvalue weighted by Crippen LogP contribution is -2.12. The number of hydrogen-bond acceptors (Lipinski definition) is 2. The van der Waals surface area contributed by atoms with Gasteiger partial charge in [0.2, 0.25) is 0 Å². The zero-order valence-electron chi connectivity index (χ0n) is 12.5. The molecule has 2 N–H and O–H groups in total. The Kier molecular flexibility index (Phi) is 6.07. The molecule has 3 nitrogen and oxygen atoms in total. The van der Waals surface area contributed by atoms with Gasteiger partial charge < -0.3 is 10.5 Å². The Bertz CT molecular complexity index is 849. The predicted octanol–water partition coefficient (Wildman–Crippen LogP) is 5.91. The van der Waals surface area contributed by atoms with Crippen molar-refractivity contribution >= 4 is 39.1 Å². The van der Waals surface area contributed by atoms with E-state index in [-0.39, 0.29) is 39.8 Å². The molecule has 0 atom stereocenters. The van der Waals surface area contributed by atoms with E-state index in [1.807, 2.05) is 0 Å². The molecule has 0 saturated heterocycles. The number of nitrogens with zero attached hydrogens (tertiary/aromatic N) is 1. The van der Waals surface area contributed by atoms with Crippen molar-refractivity contribution in [2.75, 3.05) is 5.88 Å². The van der Waals surface area contributed by atoms with E-state index in [2.05, 4.69) is 20.9 Å². The topological polar surface area (TPSA) is 47.6 Å². The molecular formula is C15H8BrClF6N2O. The number of alkyl halides is 4. The number of rotatable bonds is 4. The van der Waals surface area contributed by atoms with Gasteiger partial charge in [-0.2, -0.15) is 13.2 Å². The third-order valence-electron chi connectivity index (χ3n) is 2.92. The molecule has 0 fully saturated rings. The maximum atomic E-state index is 14.0. The molecule has 2 aromatic rings. The molecule has 2 rings (SSSR count). The van der Waals surface area contributed by atoms with Gasteiger partial charge in [-0.15, -0.1) is 11.6 Å². The highest BCUT2D eigenvalue weighted by atomic mass is 79.9. The van der Waals surface area contributed by atoms with Crippen LogP contribution in [0.1, 0.15) is 5.56 Å². The molecule has 11 heteroatoms. The molecule has 140 valence electrons. The van der Waals surface area contributed by atoms with Crippen LogP contribution in [0, 0.1) is 17.5 Å². The molecule has 0 radical (unpaired) electrons. The second kappa shape index (κ2) is 7.75. The Labute approximate surface area is 156 Å². The van der Waals surface area contributed by atoms with E-state index in [0.29, 0.717) is 0 Å². The summed E-state index contributed by atoms with van der Waals surface area (Å²) in [4.78, 5) is 3.75. The summed E-state index contributed by atoms with van der Waals surface area (Å²) < 4.78 is 84.2. The maximum Gasteiger partial charge on any atom is 0.416 e. The summed E-state index contributed by atoms with van der Waals surface area (Å²) in [6, 6.07) is 1.91. The molecule has 0 amide bonds. The Morgan fingerprint density at radius 2 is 1.65 bits per heavy atom. The van der Waals surface area contributed by atoms with Gasteiger partial charge >= 0.3 is 6.18 Å². The molecule has 0 aromatic heterocycles. The van der Waals surface area contributed by atoms with Crippen LogP contribution in [0.15, 0.2) is 33.7 Å². The Morgan fingerprint density at radius 3 is 2.15 bits per heavy atom. The van der Waals surface area contributed by atoms with E-state index in [9.17, 15) is 26.3 Å². The van der Waals surface area contributed by atoms with Gasteiger partial charge in [-0.3, -0.25) is 0 Å². The lowest BCUT2D eigenvalue weighted by Gasteiger charge is -2.14. The maximum absolute atomic E-state index is 14.0. The van der Waals surface area contributed by atoms with Crippen LogP contribution in [-0.4, -0.2) is 11.7 Å². The highest BCUT2D eigenvalue weighted by Crippen LogP contribution is 2.42. The van der Waals surface area contributed by atoms with Crippen molar-refractivity contribution in [1.82, 2.24) is 0 Å². The first kappa shape index (κ1) is 20.4. The predicted molar refractivity (Wildman–Crippen MR) is 87.5 cm³/mol. The summed E-state index contributed by atoms with van der Waals surface area (Å²) in [5, 5.41) is 0. The van der Waals surface area contributed by atoms with Crippen molar-refractivity contribution in [2.45, 2.75) is 6.18 Å². The first-order chi connectivity index (χ1) is 12.0. The van der Waals surface area contributed by atoms with E-state index >= 15 is 0 Å². The van der Waals surface area contributed by atoms with Gasteiger partial charge in [0, 0.05) is 6.07 Å². The van der Waals surface area contributed by atoms with E-state index in [1.165, 1.54) is 0 Å². The van der Waals surface area contributed by atoms with Gasteiger partial charge in [-0.05, 0) is 34.1 Å². The van der Waals surface area contributed by atoms with Crippen molar-refractivity contribution in [3.63, 3.8) is 0 Å². The first-order valence-corrected chi connectivity index (χ1v) is 7.97. The number of amidine groups is 1. The SMILES string of the molecule is NC(CCl)=Nc1cc(F)cc(Br)c1Oc1c(F)cc(C(F)(F)F)cc1F. The third-order valence-corrected chi connectivity index (χ3v) is 3.78. The molecule has 0 bridgehead atoms. The van der Waals surface area contributed by atoms with Crippen LogP contribution in [0.2, 0.25) is 0 Å². The third kappa shape index (κ3) is 4.61. The molecular weight excluding hydrogens is 454 g/mol. The van der Waals surface area contributed by atoms with E-state index in [0.717, 1.165) is 12.1 Å². The average Bonchev–Trinajstić information content (AvgIpc) is 2.51. The number of aliphatic imine (C=N–C) groups is 1. The van der Waals surface area contributed by atoms with Crippen LogP contribution in [0.4, 0.5) is 32.0 Å². The Balaban J connectivity index is 2.56. The molecule has 0 aliphatic carbocycles. The van der Waals surface area contributed by atoms with Crippen LogP contribution in [0.5, 0.6) is 11.5 Å². The number of benzene rings is 2. The van der Waals surface area contributed by atoms with Crippen molar-refractivity contribution < 1.29 is 31.1 Å².